The molecule has 2 aromatic heterocycles. The molecule has 1 aliphatic carbocycles. The highest BCUT2D eigenvalue weighted by molar-refractivity contribution is 7.19. The number of ether oxygens (including phenoxy) is 1. The van der Waals surface area contributed by atoms with Crippen molar-refractivity contribution in [2.75, 3.05) is 44.7 Å². The van der Waals surface area contributed by atoms with Gasteiger partial charge in [-0.25, -0.2) is 9.97 Å². The Bertz CT molecular complexity index is 693. The lowest BCUT2D eigenvalue weighted by Crippen LogP contribution is -3.14. The van der Waals surface area contributed by atoms with Crippen LogP contribution in [0.1, 0.15) is 29.1 Å². The smallest absolute Gasteiger partial charge is 0.138 e. The van der Waals surface area contributed by atoms with Gasteiger partial charge in [-0.15, -0.1) is 11.3 Å². The quantitative estimate of drug-likeness (QED) is 0.808. The minimum atomic E-state index is 0.874. The number of anilines is 1. The Morgan fingerprint density at radius 3 is 2.96 bits per heavy atom. The minimum Gasteiger partial charge on any atom is -0.370 e. The van der Waals surface area contributed by atoms with Crippen LogP contribution < -0.4 is 10.2 Å². The minimum absolute atomic E-state index is 0.874. The molecule has 0 spiro atoms. The fourth-order valence-corrected chi connectivity index (χ4v) is 4.99. The summed E-state index contributed by atoms with van der Waals surface area (Å²) in [6.07, 6.45) is 4.86. The van der Waals surface area contributed by atoms with Gasteiger partial charge in [0.15, 0.2) is 0 Å². The average molecular weight is 333 g/mol. The molecule has 0 bridgehead atoms. The summed E-state index contributed by atoms with van der Waals surface area (Å²) in [5.41, 5.74) is 1.51. The first-order chi connectivity index (χ1) is 11.3. The molecule has 3 heterocycles. The lowest BCUT2D eigenvalue weighted by Gasteiger charge is -2.23. The van der Waals surface area contributed by atoms with Gasteiger partial charge in [-0.1, -0.05) is 0 Å². The lowest BCUT2D eigenvalue weighted by molar-refractivity contribution is -0.908. The normalized spacial score (nSPS) is 18.5. The van der Waals surface area contributed by atoms with E-state index in [1.807, 2.05) is 18.3 Å². The number of fused-ring (bicyclic) bond motifs is 3. The van der Waals surface area contributed by atoms with E-state index in [1.165, 1.54) is 52.9 Å². The van der Waals surface area contributed by atoms with Crippen molar-refractivity contribution < 1.29 is 9.64 Å². The first-order valence-corrected chi connectivity index (χ1v) is 9.57. The summed E-state index contributed by atoms with van der Waals surface area (Å²) >= 11 is 1.87. The largest absolute Gasteiger partial charge is 0.370 e. The maximum Gasteiger partial charge on any atom is 0.138 e. The monoisotopic (exact) mass is 333 g/mol. The van der Waals surface area contributed by atoms with Gasteiger partial charge in [-0.3, -0.25) is 0 Å². The Hall–Kier alpha value is -1.24. The highest BCUT2D eigenvalue weighted by Crippen LogP contribution is 2.39. The maximum atomic E-state index is 5.42. The van der Waals surface area contributed by atoms with Gasteiger partial charge in [-0.2, -0.15) is 0 Å². The molecule has 124 valence electrons. The van der Waals surface area contributed by atoms with E-state index in [0.29, 0.717) is 0 Å². The van der Waals surface area contributed by atoms with Crippen molar-refractivity contribution in [1.82, 2.24) is 9.97 Å². The van der Waals surface area contributed by atoms with E-state index >= 15 is 0 Å². The Morgan fingerprint density at radius 2 is 2.09 bits per heavy atom. The summed E-state index contributed by atoms with van der Waals surface area (Å²) in [6, 6.07) is 0. The first kappa shape index (κ1) is 15.3. The van der Waals surface area contributed by atoms with Crippen molar-refractivity contribution >= 4 is 27.4 Å². The van der Waals surface area contributed by atoms with Crippen molar-refractivity contribution in [3.05, 3.63) is 16.3 Å². The molecule has 0 unspecified atom stereocenters. The van der Waals surface area contributed by atoms with E-state index in [-0.39, 0.29) is 0 Å². The molecule has 2 aromatic rings. The van der Waals surface area contributed by atoms with Crippen LogP contribution in [-0.4, -0.2) is 49.4 Å². The van der Waals surface area contributed by atoms with E-state index in [1.54, 1.807) is 4.90 Å². The maximum absolute atomic E-state index is 5.42. The summed E-state index contributed by atoms with van der Waals surface area (Å²) < 4.78 is 5.42. The molecule has 0 radical (unpaired) electrons. The third kappa shape index (κ3) is 3.20. The summed E-state index contributed by atoms with van der Waals surface area (Å²) in [6.45, 7) is 8.31. The number of quaternary nitrogens is 1. The first-order valence-electron chi connectivity index (χ1n) is 8.75. The van der Waals surface area contributed by atoms with Gasteiger partial charge in [0.1, 0.15) is 29.6 Å². The molecule has 1 aliphatic heterocycles. The van der Waals surface area contributed by atoms with Gasteiger partial charge in [0.25, 0.3) is 0 Å². The van der Waals surface area contributed by atoms with Gasteiger partial charge in [0, 0.05) is 17.8 Å². The summed E-state index contributed by atoms with van der Waals surface area (Å²) in [7, 11) is 0. The predicted molar refractivity (Wildman–Crippen MR) is 93.7 cm³/mol. The van der Waals surface area contributed by atoms with Crippen LogP contribution in [0.25, 0.3) is 10.2 Å². The standard InChI is InChI=1S/C17H24N4OS/c1-12-19-16(18-6-3-7-21-8-10-22-11-9-21)15-13-4-2-5-14(13)23-17(15)20-12/h2-11H2,1H3,(H,18,19,20)/p+1. The zero-order valence-electron chi connectivity index (χ0n) is 13.8. The summed E-state index contributed by atoms with van der Waals surface area (Å²) in [5, 5.41) is 4.89. The summed E-state index contributed by atoms with van der Waals surface area (Å²) in [5.74, 6) is 1.93. The van der Waals surface area contributed by atoms with E-state index in [4.69, 9.17) is 9.72 Å². The summed E-state index contributed by atoms with van der Waals surface area (Å²) in [4.78, 5) is 13.7. The molecule has 4 rings (SSSR count). The molecule has 1 fully saturated rings. The predicted octanol–water partition coefficient (Wildman–Crippen LogP) is 1.21. The fraction of sp³-hybridized carbons (Fsp3) is 0.647. The van der Waals surface area contributed by atoms with Crippen LogP contribution in [0.15, 0.2) is 0 Å². The van der Waals surface area contributed by atoms with E-state index < -0.39 is 0 Å². The van der Waals surface area contributed by atoms with Crippen molar-refractivity contribution in [3.8, 4) is 0 Å². The van der Waals surface area contributed by atoms with Crippen LogP contribution in [0.4, 0.5) is 5.82 Å². The Labute approximate surface area is 141 Å². The van der Waals surface area contributed by atoms with Crippen molar-refractivity contribution in [1.29, 1.82) is 0 Å². The second-order valence-electron chi connectivity index (χ2n) is 6.55. The molecule has 0 saturated carbocycles. The Kier molecular flexibility index (Phi) is 4.46. The lowest BCUT2D eigenvalue weighted by atomic mass is 10.2. The number of morpholine rings is 1. The molecular weight excluding hydrogens is 308 g/mol. The van der Waals surface area contributed by atoms with Crippen molar-refractivity contribution in [2.24, 2.45) is 0 Å². The fourth-order valence-electron chi connectivity index (χ4n) is 3.69. The van der Waals surface area contributed by atoms with E-state index in [0.717, 1.165) is 44.5 Å². The molecule has 1 saturated heterocycles. The zero-order chi connectivity index (χ0) is 15.6. The number of thiophene rings is 1. The number of aromatic nitrogens is 2. The van der Waals surface area contributed by atoms with Crippen LogP contribution in [0.3, 0.4) is 0 Å². The van der Waals surface area contributed by atoms with Gasteiger partial charge in [0.2, 0.25) is 0 Å². The molecule has 5 nitrogen and oxygen atoms in total. The Morgan fingerprint density at radius 1 is 1.22 bits per heavy atom. The second kappa shape index (κ2) is 6.71. The van der Waals surface area contributed by atoms with Gasteiger partial charge >= 0.3 is 0 Å². The van der Waals surface area contributed by atoms with Crippen LogP contribution in [0.2, 0.25) is 0 Å². The Balaban J connectivity index is 1.43. The topological polar surface area (TPSA) is 51.5 Å². The van der Waals surface area contributed by atoms with Crippen LogP contribution in [-0.2, 0) is 17.6 Å². The van der Waals surface area contributed by atoms with Crippen LogP contribution in [0, 0.1) is 6.92 Å². The van der Waals surface area contributed by atoms with Crippen LogP contribution in [0.5, 0.6) is 0 Å². The van der Waals surface area contributed by atoms with Gasteiger partial charge < -0.3 is 15.0 Å². The third-order valence-electron chi connectivity index (χ3n) is 4.88. The molecule has 2 aliphatic rings. The molecule has 2 N–H and O–H groups in total. The van der Waals surface area contributed by atoms with E-state index in [2.05, 4.69) is 10.3 Å². The number of rotatable bonds is 5. The molecule has 0 atom stereocenters. The number of hydrogen-bond acceptors (Lipinski definition) is 5. The molecule has 6 heteroatoms. The molecular formula is C17H25N4OS+. The second-order valence-corrected chi connectivity index (χ2v) is 7.63. The van der Waals surface area contributed by atoms with Gasteiger partial charge in [-0.05, 0) is 31.7 Å². The average Bonchev–Trinajstić information content (AvgIpc) is 3.12. The van der Waals surface area contributed by atoms with Crippen molar-refractivity contribution in [2.45, 2.75) is 32.6 Å². The van der Waals surface area contributed by atoms with Crippen LogP contribution >= 0.6 is 11.3 Å². The number of nitrogens with zero attached hydrogens (tertiary/aromatic N) is 2. The highest BCUT2D eigenvalue weighted by atomic mass is 32.1. The molecule has 0 aromatic carbocycles. The number of hydrogen-bond donors (Lipinski definition) is 2. The highest BCUT2D eigenvalue weighted by Gasteiger charge is 2.21. The SMILES string of the molecule is Cc1nc(NCCC[NH+]2CCOCC2)c2c3c(sc2n1)CCC3. The third-order valence-corrected chi connectivity index (χ3v) is 6.06. The zero-order valence-corrected chi connectivity index (χ0v) is 14.6. The molecule has 23 heavy (non-hydrogen) atoms. The molecule has 0 amide bonds. The number of nitrogens with one attached hydrogen (secondary N) is 2. The van der Waals surface area contributed by atoms with Crippen molar-refractivity contribution in [3.63, 3.8) is 0 Å². The number of aryl methyl sites for hydroxylation is 3. The van der Waals surface area contributed by atoms with Gasteiger partial charge in [0.05, 0.1) is 25.1 Å². The van der Waals surface area contributed by atoms with E-state index in [9.17, 15) is 0 Å².